The summed E-state index contributed by atoms with van der Waals surface area (Å²) in [5.74, 6) is 0. The third-order valence-electron chi connectivity index (χ3n) is 3.85. The van der Waals surface area contributed by atoms with Crippen LogP contribution in [0.1, 0.15) is 0 Å². The average Bonchev–Trinajstić information content (AvgIpc) is 3.02. The van der Waals surface area contributed by atoms with Crippen molar-refractivity contribution in [2.45, 2.75) is 11.4 Å². The quantitative estimate of drug-likeness (QED) is 0.799. The van der Waals surface area contributed by atoms with Gasteiger partial charge in [0, 0.05) is 31.5 Å². The second-order valence-corrected chi connectivity index (χ2v) is 7.64. The minimum atomic E-state index is -3.22. The van der Waals surface area contributed by atoms with Crippen LogP contribution in [0.3, 0.4) is 0 Å². The van der Waals surface area contributed by atoms with Crippen molar-refractivity contribution in [2.75, 3.05) is 39.1 Å². The molecule has 8 heteroatoms. The summed E-state index contributed by atoms with van der Waals surface area (Å²) in [5.41, 5.74) is 1.43. The molecule has 0 aliphatic carbocycles. The maximum Gasteiger partial charge on any atom is 0.175 e. The summed E-state index contributed by atoms with van der Waals surface area (Å²) in [4.78, 5) is 2.62. The summed E-state index contributed by atoms with van der Waals surface area (Å²) >= 11 is 0. The zero-order valence-electron chi connectivity index (χ0n) is 13.1. The number of benzene rings is 1. The van der Waals surface area contributed by atoms with E-state index in [0.717, 1.165) is 45.0 Å². The van der Waals surface area contributed by atoms with Crippen LogP contribution in [0.25, 0.3) is 11.3 Å². The number of nitrogens with zero attached hydrogens (tertiary/aromatic N) is 4. The van der Waals surface area contributed by atoms with E-state index in [4.69, 9.17) is 4.74 Å². The topological polar surface area (TPSA) is 77.3 Å². The van der Waals surface area contributed by atoms with Gasteiger partial charge in [0.2, 0.25) is 0 Å². The molecule has 3 rings (SSSR count). The fourth-order valence-electron chi connectivity index (χ4n) is 2.49. The minimum Gasteiger partial charge on any atom is -0.379 e. The Balaban J connectivity index is 1.69. The summed E-state index contributed by atoms with van der Waals surface area (Å²) < 4.78 is 30.4. The standard InChI is InChI=1S/C15H20N4O3S/c1-23(20,21)14-4-2-3-13(11-14)15-12-19(17-16-15)6-5-18-7-9-22-10-8-18/h2-4,11-12H,5-10H2,1H3. The molecule has 0 radical (unpaired) electrons. The number of hydrogen-bond acceptors (Lipinski definition) is 6. The van der Waals surface area contributed by atoms with Gasteiger partial charge in [0.05, 0.1) is 30.9 Å². The highest BCUT2D eigenvalue weighted by Gasteiger charge is 2.12. The van der Waals surface area contributed by atoms with Gasteiger partial charge in [-0.15, -0.1) is 5.10 Å². The van der Waals surface area contributed by atoms with E-state index in [1.54, 1.807) is 22.9 Å². The molecule has 7 nitrogen and oxygen atoms in total. The lowest BCUT2D eigenvalue weighted by atomic mass is 10.2. The zero-order chi connectivity index (χ0) is 16.3. The third kappa shape index (κ3) is 4.15. The molecule has 1 aromatic heterocycles. The second kappa shape index (κ2) is 6.77. The first-order valence-electron chi connectivity index (χ1n) is 7.53. The van der Waals surface area contributed by atoms with E-state index >= 15 is 0 Å². The van der Waals surface area contributed by atoms with Crippen LogP contribution in [0.2, 0.25) is 0 Å². The predicted molar refractivity (Wildman–Crippen MR) is 85.8 cm³/mol. The first-order chi connectivity index (χ1) is 11.0. The van der Waals surface area contributed by atoms with Gasteiger partial charge in [-0.1, -0.05) is 17.3 Å². The Hall–Kier alpha value is -1.77. The number of ether oxygens (including phenoxy) is 1. The number of aromatic nitrogens is 3. The largest absolute Gasteiger partial charge is 0.379 e. The van der Waals surface area contributed by atoms with Crippen molar-refractivity contribution in [3.63, 3.8) is 0 Å². The lowest BCUT2D eigenvalue weighted by molar-refractivity contribution is 0.0359. The van der Waals surface area contributed by atoms with Gasteiger partial charge in [0.15, 0.2) is 9.84 Å². The summed E-state index contributed by atoms with van der Waals surface area (Å²) in [6, 6.07) is 6.77. The Kier molecular flexibility index (Phi) is 4.74. The highest BCUT2D eigenvalue weighted by molar-refractivity contribution is 7.90. The molecule has 1 fully saturated rings. The fourth-order valence-corrected chi connectivity index (χ4v) is 3.16. The van der Waals surface area contributed by atoms with Gasteiger partial charge in [-0.2, -0.15) is 0 Å². The molecule has 2 heterocycles. The van der Waals surface area contributed by atoms with E-state index in [2.05, 4.69) is 15.2 Å². The lowest BCUT2D eigenvalue weighted by Crippen LogP contribution is -2.38. The Morgan fingerprint density at radius 1 is 1.22 bits per heavy atom. The van der Waals surface area contributed by atoms with Crippen molar-refractivity contribution < 1.29 is 13.2 Å². The summed E-state index contributed by atoms with van der Waals surface area (Å²) in [7, 11) is -3.22. The van der Waals surface area contributed by atoms with Gasteiger partial charge in [0.25, 0.3) is 0 Å². The number of hydrogen-bond donors (Lipinski definition) is 0. The van der Waals surface area contributed by atoms with Gasteiger partial charge in [-0.3, -0.25) is 9.58 Å². The molecule has 1 saturated heterocycles. The van der Waals surface area contributed by atoms with Crippen molar-refractivity contribution in [3.05, 3.63) is 30.5 Å². The molecule has 2 aromatic rings. The van der Waals surface area contributed by atoms with E-state index in [0.29, 0.717) is 5.69 Å². The molecule has 0 spiro atoms. The molecule has 0 bridgehead atoms. The van der Waals surface area contributed by atoms with E-state index in [1.165, 1.54) is 6.26 Å². The van der Waals surface area contributed by atoms with Gasteiger partial charge in [-0.25, -0.2) is 8.42 Å². The van der Waals surface area contributed by atoms with Crippen molar-refractivity contribution >= 4 is 9.84 Å². The molecule has 1 aliphatic heterocycles. The van der Waals surface area contributed by atoms with Crippen molar-refractivity contribution in [1.29, 1.82) is 0 Å². The van der Waals surface area contributed by atoms with Crippen LogP contribution in [0.15, 0.2) is 35.4 Å². The molecular weight excluding hydrogens is 316 g/mol. The highest BCUT2D eigenvalue weighted by Crippen LogP contribution is 2.20. The minimum absolute atomic E-state index is 0.290. The van der Waals surface area contributed by atoms with Crippen LogP contribution in [-0.2, 0) is 21.1 Å². The van der Waals surface area contributed by atoms with Crippen molar-refractivity contribution in [2.24, 2.45) is 0 Å². The first-order valence-corrected chi connectivity index (χ1v) is 9.42. The molecule has 0 amide bonds. The SMILES string of the molecule is CS(=O)(=O)c1cccc(-c2cn(CCN3CCOCC3)nn2)c1. The molecule has 23 heavy (non-hydrogen) atoms. The van der Waals surface area contributed by atoms with Gasteiger partial charge in [-0.05, 0) is 12.1 Å². The smallest absolute Gasteiger partial charge is 0.175 e. The lowest BCUT2D eigenvalue weighted by Gasteiger charge is -2.26. The van der Waals surface area contributed by atoms with E-state index in [-0.39, 0.29) is 4.90 Å². The Morgan fingerprint density at radius 3 is 2.74 bits per heavy atom. The predicted octanol–water partition coefficient (Wildman–Crippen LogP) is 0.681. The van der Waals surface area contributed by atoms with Crippen LogP contribution in [0.5, 0.6) is 0 Å². The van der Waals surface area contributed by atoms with Crippen LogP contribution >= 0.6 is 0 Å². The van der Waals surface area contributed by atoms with Crippen LogP contribution < -0.4 is 0 Å². The molecule has 0 N–H and O–H groups in total. The Morgan fingerprint density at radius 2 is 2.00 bits per heavy atom. The van der Waals surface area contributed by atoms with Crippen LogP contribution in [-0.4, -0.2) is 67.4 Å². The first kappa shape index (κ1) is 16.1. The number of rotatable bonds is 5. The summed E-state index contributed by atoms with van der Waals surface area (Å²) in [6.45, 7) is 5.09. The van der Waals surface area contributed by atoms with Crippen LogP contribution in [0, 0.1) is 0 Å². The molecular formula is C15H20N4O3S. The maximum atomic E-state index is 11.6. The molecule has 0 atom stereocenters. The molecule has 1 aromatic carbocycles. The normalized spacial score (nSPS) is 16.6. The van der Waals surface area contributed by atoms with Crippen LogP contribution in [0.4, 0.5) is 0 Å². The highest BCUT2D eigenvalue weighted by atomic mass is 32.2. The monoisotopic (exact) mass is 336 g/mol. The number of sulfone groups is 1. The van der Waals surface area contributed by atoms with Gasteiger partial charge < -0.3 is 4.74 Å². The maximum absolute atomic E-state index is 11.6. The average molecular weight is 336 g/mol. The van der Waals surface area contributed by atoms with Crippen molar-refractivity contribution in [3.8, 4) is 11.3 Å². The van der Waals surface area contributed by atoms with Gasteiger partial charge in [0.1, 0.15) is 5.69 Å². The molecule has 0 unspecified atom stereocenters. The Labute approximate surface area is 135 Å². The van der Waals surface area contributed by atoms with E-state index in [1.807, 2.05) is 12.3 Å². The molecule has 1 aliphatic rings. The summed E-state index contributed by atoms with van der Waals surface area (Å²) in [6.07, 6.45) is 3.05. The molecule has 124 valence electrons. The summed E-state index contributed by atoms with van der Waals surface area (Å²) in [5, 5.41) is 8.28. The van der Waals surface area contributed by atoms with E-state index in [9.17, 15) is 8.42 Å². The van der Waals surface area contributed by atoms with E-state index < -0.39 is 9.84 Å². The molecule has 0 saturated carbocycles. The second-order valence-electron chi connectivity index (χ2n) is 5.62. The third-order valence-corrected chi connectivity index (χ3v) is 4.96. The fraction of sp³-hybridized carbons (Fsp3) is 0.467. The van der Waals surface area contributed by atoms with Gasteiger partial charge >= 0.3 is 0 Å². The Bertz CT molecular complexity index is 767. The van der Waals surface area contributed by atoms with Crippen molar-refractivity contribution in [1.82, 2.24) is 19.9 Å². The zero-order valence-corrected chi connectivity index (χ0v) is 13.9. The number of morpholine rings is 1.